The van der Waals surface area contributed by atoms with E-state index < -0.39 is 0 Å². The van der Waals surface area contributed by atoms with Gasteiger partial charge in [0.2, 0.25) is 0 Å². The Morgan fingerprint density at radius 2 is 1.50 bits per heavy atom. The van der Waals surface area contributed by atoms with Gasteiger partial charge in [-0.1, -0.05) is 69.3 Å². The van der Waals surface area contributed by atoms with Crippen LogP contribution in [0.4, 0.5) is 5.69 Å². The SMILES string of the molecule is CC(C)(C)c1ccc(C(=O)c2cccc(NC(=O)c3ccccc3I)c2)cc1. The lowest BCUT2D eigenvalue weighted by atomic mass is 9.86. The molecule has 0 heterocycles. The van der Waals surface area contributed by atoms with E-state index in [-0.39, 0.29) is 17.1 Å². The van der Waals surface area contributed by atoms with E-state index in [4.69, 9.17) is 0 Å². The minimum absolute atomic E-state index is 0.0424. The number of amides is 1. The molecule has 0 bridgehead atoms. The zero-order valence-corrected chi connectivity index (χ0v) is 18.3. The zero-order chi connectivity index (χ0) is 20.3. The smallest absolute Gasteiger partial charge is 0.256 e. The Kier molecular flexibility index (Phi) is 5.98. The molecule has 3 nitrogen and oxygen atoms in total. The highest BCUT2D eigenvalue weighted by atomic mass is 127. The van der Waals surface area contributed by atoms with Gasteiger partial charge in [-0.25, -0.2) is 0 Å². The van der Waals surface area contributed by atoms with Gasteiger partial charge in [-0.15, -0.1) is 0 Å². The molecule has 0 aromatic heterocycles. The normalized spacial score (nSPS) is 11.1. The second-order valence-corrected chi connectivity index (χ2v) is 8.83. The second-order valence-electron chi connectivity index (χ2n) is 7.67. The highest BCUT2D eigenvalue weighted by Crippen LogP contribution is 2.23. The van der Waals surface area contributed by atoms with Gasteiger partial charge in [0.15, 0.2) is 5.78 Å². The van der Waals surface area contributed by atoms with Crippen LogP contribution in [0.5, 0.6) is 0 Å². The first-order chi connectivity index (χ1) is 13.3. The lowest BCUT2D eigenvalue weighted by Crippen LogP contribution is -2.14. The number of anilines is 1. The molecule has 0 aliphatic carbocycles. The lowest BCUT2D eigenvalue weighted by molar-refractivity contribution is 0.102. The summed E-state index contributed by atoms with van der Waals surface area (Å²) in [6.45, 7) is 6.43. The Hall–Kier alpha value is -2.47. The number of rotatable bonds is 4. The van der Waals surface area contributed by atoms with Crippen molar-refractivity contribution in [3.8, 4) is 0 Å². The average molecular weight is 483 g/mol. The molecular weight excluding hydrogens is 461 g/mol. The second kappa shape index (κ2) is 8.27. The molecule has 3 aromatic carbocycles. The van der Waals surface area contributed by atoms with Crippen LogP contribution in [0.3, 0.4) is 0 Å². The van der Waals surface area contributed by atoms with Crippen molar-refractivity contribution in [3.63, 3.8) is 0 Å². The first kappa shape index (κ1) is 20.3. The number of nitrogens with one attached hydrogen (secondary N) is 1. The van der Waals surface area contributed by atoms with Gasteiger partial charge in [0.1, 0.15) is 0 Å². The maximum atomic E-state index is 12.9. The Labute approximate surface area is 179 Å². The predicted octanol–water partition coefficient (Wildman–Crippen LogP) is 6.07. The van der Waals surface area contributed by atoms with Crippen LogP contribution < -0.4 is 5.32 Å². The lowest BCUT2D eigenvalue weighted by Gasteiger charge is -2.19. The number of halogens is 1. The molecule has 0 aliphatic rings. The Bertz CT molecular complexity index is 1020. The Morgan fingerprint density at radius 1 is 0.821 bits per heavy atom. The molecule has 1 amide bonds. The number of hydrogen-bond acceptors (Lipinski definition) is 2. The van der Waals surface area contributed by atoms with E-state index in [2.05, 4.69) is 48.7 Å². The highest BCUT2D eigenvalue weighted by Gasteiger charge is 2.16. The van der Waals surface area contributed by atoms with Gasteiger partial charge in [0, 0.05) is 20.4 Å². The summed E-state index contributed by atoms with van der Waals surface area (Å²) in [6, 6.07) is 22.2. The summed E-state index contributed by atoms with van der Waals surface area (Å²) in [4.78, 5) is 25.4. The zero-order valence-electron chi connectivity index (χ0n) is 16.1. The van der Waals surface area contributed by atoms with Crippen LogP contribution in [0.2, 0.25) is 0 Å². The molecule has 142 valence electrons. The van der Waals surface area contributed by atoms with Crippen molar-refractivity contribution < 1.29 is 9.59 Å². The minimum atomic E-state index is -0.191. The molecule has 0 spiro atoms. The van der Waals surface area contributed by atoms with Gasteiger partial charge < -0.3 is 5.32 Å². The first-order valence-electron chi connectivity index (χ1n) is 9.07. The highest BCUT2D eigenvalue weighted by molar-refractivity contribution is 14.1. The van der Waals surface area contributed by atoms with Gasteiger partial charge in [-0.3, -0.25) is 9.59 Å². The third-order valence-electron chi connectivity index (χ3n) is 4.51. The fraction of sp³-hybridized carbons (Fsp3) is 0.167. The number of benzene rings is 3. The van der Waals surface area contributed by atoms with Crippen LogP contribution in [0.25, 0.3) is 0 Å². The Balaban J connectivity index is 1.80. The van der Waals surface area contributed by atoms with Crippen molar-refractivity contribution in [3.05, 3.63) is 98.6 Å². The van der Waals surface area contributed by atoms with E-state index in [9.17, 15) is 9.59 Å². The molecule has 4 heteroatoms. The van der Waals surface area contributed by atoms with Crippen molar-refractivity contribution in [2.45, 2.75) is 26.2 Å². The van der Waals surface area contributed by atoms with Crippen LogP contribution in [-0.2, 0) is 5.41 Å². The van der Waals surface area contributed by atoms with E-state index in [0.717, 1.165) is 3.57 Å². The van der Waals surface area contributed by atoms with Crippen molar-refractivity contribution in [1.82, 2.24) is 0 Å². The summed E-state index contributed by atoms with van der Waals surface area (Å²) < 4.78 is 0.878. The van der Waals surface area contributed by atoms with E-state index >= 15 is 0 Å². The Morgan fingerprint density at radius 3 is 2.14 bits per heavy atom. The summed E-state index contributed by atoms with van der Waals surface area (Å²) >= 11 is 2.14. The van der Waals surface area contributed by atoms with E-state index in [1.54, 1.807) is 30.3 Å². The molecule has 0 saturated heterocycles. The largest absolute Gasteiger partial charge is 0.322 e. The van der Waals surface area contributed by atoms with Crippen molar-refractivity contribution in [2.24, 2.45) is 0 Å². The van der Waals surface area contributed by atoms with Gasteiger partial charge in [-0.05, 0) is 57.8 Å². The molecular formula is C24H22INO2. The van der Waals surface area contributed by atoms with Gasteiger partial charge in [-0.2, -0.15) is 0 Å². The molecule has 3 rings (SSSR count). The third-order valence-corrected chi connectivity index (χ3v) is 5.45. The molecule has 0 saturated carbocycles. The number of carbonyl (C=O) groups excluding carboxylic acids is 2. The quantitative estimate of drug-likeness (QED) is 0.362. The number of ketones is 1. The fourth-order valence-corrected chi connectivity index (χ4v) is 3.50. The van der Waals surface area contributed by atoms with Crippen molar-refractivity contribution in [1.29, 1.82) is 0 Å². The molecule has 3 aromatic rings. The van der Waals surface area contributed by atoms with Gasteiger partial charge in [0.05, 0.1) is 5.56 Å². The van der Waals surface area contributed by atoms with Crippen LogP contribution in [0.15, 0.2) is 72.8 Å². The molecule has 0 atom stereocenters. The van der Waals surface area contributed by atoms with E-state index in [0.29, 0.717) is 22.4 Å². The average Bonchev–Trinajstić information content (AvgIpc) is 2.67. The minimum Gasteiger partial charge on any atom is -0.322 e. The van der Waals surface area contributed by atoms with Crippen LogP contribution in [0, 0.1) is 3.57 Å². The van der Waals surface area contributed by atoms with E-state index in [1.165, 1.54) is 5.56 Å². The first-order valence-corrected chi connectivity index (χ1v) is 10.1. The summed E-state index contributed by atoms with van der Waals surface area (Å²) in [7, 11) is 0. The molecule has 0 radical (unpaired) electrons. The van der Waals surface area contributed by atoms with Crippen molar-refractivity contribution >= 4 is 40.0 Å². The maximum Gasteiger partial charge on any atom is 0.256 e. The summed E-state index contributed by atoms with van der Waals surface area (Å²) in [5.74, 6) is -0.255. The fourth-order valence-electron chi connectivity index (χ4n) is 2.87. The molecule has 28 heavy (non-hydrogen) atoms. The molecule has 0 fully saturated rings. The van der Waals surface area contributed by atoms with E-state index in [1.807, 2.05) is 42.5 Å². The molecule has 0 aliphatic heterocycles. The number of hydrogen-bond donors (Lipinski definition) is 1. The van der Waals surface area contributed by atoms with Crippen LogP contribution in [-0.4, -0.2) is 11.7 Å². The summed E-state index contributed by atoms with van der Waals surface area (Å²) in [5, 5.41) is 2.88. The monoisotopic (exact) mass is 483 g/mol. The summed E-state index contributed by atoms with van der Waals surface area (Å²) in [5.41, 5.74) is 3.61. The van der Waals surface area contributed by atoms with Gasteiger partial charge in [0.25, 0.3) is 5.91 Å². The predicted molar refractivity (Wildman–Crippen MR) is 122 cm³/mol. The topological polar surface area (TPSA) is 46.2 Å². The van der Waals surface area contributed by atoms with Crippen LogP contribution in [0.1, 0.15) is 52.6 Å². The standard InChI is InChI=1S/C24H22INO2/c1-24(2,3)18-13-11-16(12-14-18)22(27)17-7-6-8-19(15-17)26-23(28)20-9-4-5-10-21(20)25/h4-15H,1-3H3,(H,26,28). The molecule has 1 N–H and O–H groups in total. The number of carbonyl (C=O) groups is 2. The van der Waals surface area contributed by atoms with Crippen LogP contribution >= 0.6 is 22.6 Å². The maximum absolute atomic E-state index is 12.9. The summed E-state index contributed by atoms with van der Waals surface area (Å²) in [6.07, 6.45) is 0. The van der Waals surface area contributed by atoms with Crippen molar-refractivity contribution in [2.75, 3.05) is 5.32 Å². The molecule has 0 unspecified atom stereocenters. The third kappa shape index (κ3) is 4.68. The van der Waals surface area contributed by atoms with Gasteiger partial charge >= 0.3 is 0 Å².